The van der Waals surface area contributed by atoms with E-state index < -0.39 is 0 Å². The molecule has 0 aliphatic rings. The Morgan fingerprint density at radius 2 is 2.15 bits per heavy atom. The minimum absolute atomic E-state index is 0.139. The van der Waals surface area contributed by atoms with Crippen molar-refractivity contribution in [3.63, 3.8) is 0 Å². The van der Waals surface area contributed by atoms with Crippen molar-refractivity contribution in [2.75, 3.05) is 12.3 Å². The van der Waals surface area contributed by atoms with Crippen LogP contribution in [0.4, 0.5) is 0 Å². The Morgan fingerprint density at radius 3 is 2.75 bits per heavy atom. The van der Waals surface area contributed by atoms with Crippen LogP contribution >= 0.6 is 23.4 Å². The van der Waals surface area contributed by atoms with Gasteiger partial charge in [0.25, 0.3) is 5.91 Å². The third-order valence-electron chi connectivity index (χ3n) is 2.98. The van der Waals surface area contributed by atoms with Crippen molar-refractivity contribution in [2.45, 2.75) is 38.2 Å². The monoisotopic (exact) mass is 315 g/mol. The molecule has 0 aliphatic heterocycles. The van der Waals surface area contributed by atoms with Crippen LogP contribution in [-0.2, 0) is 0 Å². The van der Waals surface area contributed by atoms with E-state index in [1.807, 2.05) is 26.8 Å². The first-order valence-electron chi connectivity index (χ1n) is 6.84. The standard InChI is InChI=1S/C15H22ClNO2S/c1-4-20-14-6-5-11(16)9-12(14)15(19)17-8-7-13(18)10(2)3/h5-6,9-10,13,18H,4,7-8H2,1-3H3,(H,17,19). The van der Waals surface area contributed by atoms with Crippen molar-refractivity contribution < 1.29 is 9.90 Å². The van der Waals surface area contributed by atoms with Crippen molar-refractivity contribution in [3.05, 3.63) is 28.8 Å². The lowest BCUT2D eigenvalue weighted by Crippen LogP contribution is -2.29. The minimum Gasteiger partial charge on any atom is -0.393 e. The molecule has 0 saturated carbocycles. The van der Waals surface area contributed by atoms with Gasteiger partial charge in [0, 0.05) is 16.5 Å². The number of carbonyl (C=O) groups excluding carboxylic acids is 1. The van der Waals surface area contributed by atoms with E-state index >= 15 is 0 Å². The molecule has 1 unspecified atom stereocenters. The molecule has 3 nitrogen and oxygen atoms in total. The zero-order chi connectivity index (χ0) is 15.1. The quantitative estimate of drug-likeness (QED) is 0.756. The highest BCUT2D eigenvalue weighted by molar-refractivity contribution is 7.99. The van der Waals surface area contributed by atoms with E-state index in [0.717, 1.165) is 10.6 Å². The molecular weight excluding hydrogens is 294 g/mol. The van der Waals surface area contributed by atoms with Crippen LogP contribution in [-0.4, -0.2) is 29.4 Å². The Bertz CT molecular complexity index is 451. The average Bonchev–Trinajstić information content (AvgIpc) is 2.40. The molecule has 0 bridgehead atoms. The van der Waals surface area contributed by atoms with Crippen LogP contribution in [0.3, 0.4) is 0 Å². The van der Waals surface area contributed by atoms with Gasteiger partial charge in [-0.3, -0.25) is 4.79 Å². The number of amides is 1. The fourth-order valence-corrected chi connectivity index (χ4v) is 2.68. The summed E-state index contributed by atoms with van der Waals surface area (Å²) in [6.07, 6.45) is 0.166. The molecule has 5 heteroatoms. The summed E-state index contributed by atoms with van der Waals surface area (Å²) in [6.45, 7) is 6.42. The topological polar surface area (TPSA) is 49.3 Å². The van der Waals surface area contributed by atoms with Crippen molar-refractivity contribution >= 4 is 29.3 Å². The number of halogens is 1. The molecular formula is C15H22ClNO2S. The number of carbonyl (C=O) groups is 1. The highest BCUT2D eigenvalue weighted by atomic mass is 35.5. The molecule has 0 saturated heterocycles. The van der Waals surface area contributed by atoms with Crippen LogP contribution in [0, 0.1) is 5.92 Å². The molecule has 0 spiro atoms. The number of rotatable bonds is 7. The van der Waals surface area contributed by atoms with Crippen molar-refractivity contribution in [2.24, 2.45) is 5.92 Å². The second-order valence-electron chi connectivity index (χ2n) is 4.93. The van der Waals surface area contributed by atoms with E-state index in [2.05, 4.69) is 5.32 Å². The SMILES string of the molecule is CCSc1ccc(Cl)cc1C(=O)NCCC(O)C(C)C. The number of benzene rings is 1. The van der Waals surface area contributed by atoms with Gasteiger partial charge in [0.15, 0.2) is 0 Å². The van der Waals surface area contributed by atoms with Crippen LogP contribution in [0.5, 0.6) is 0 Å². The normalized spacial score (nSPS) is 12.5. The third-order valence-corrected chi connectivity index (χ3v) is 4.17. The van der Waals surface area contributed by atoms with Crippen LogP contribution < -0.4 is 5.32 Å². The van der Waals surface area contributed by atoms with Gasteiger partial charge in [0.1, 0.15) is 0 Å². The molecule has 1 atom stereocenters. The van der Waals surface area contributed by atoms with E-state index in [1.54, 1.807) is 23.9 Å². The van der Waals surface area contributed by atoms with E-state index in [9.17, 15) is 9.90 Å². The molecule has 0 aromatic heterocycles. The summed E-state index contributed by atoms with van der Waals surface area (Å²) in [4.78, 5) is 13.1. The molecule has 0 radical (unpaired) electrons. The Labute approximate surface area is 130 Å². The lowest BCUT2D eigenvalue weighted by Gasteiger charge is -2.15. The number of aliphatic hydroxyl groups is 1. The largest absolute Gasteiger partial charge is 0.393 e. The second kappa shape index (κ2) is 8.55. The predicted octanol–water partition coefficient (Wildman–Crippen LogP) is 3.59. The molecule has 1 aromatic rings. The molecule has 1 amide bonds. The van der Waals surface area contributed by atoms with Gasteiger partial charge < -0.3 is 10.4 Å². The average molecular weight is 316 g/mol. The second-order valence-corrected chi connectivity index (χ2v) is 6.67. The van der Waals surface area contributed by atoms with E-state index in [-0.39, 0.29) is 17.9 Å². The maximum Gasteiger partial charge on any atom is 0.252 e. The lowest BCUT2D eigenvalue weighted by molar-refractivity contribution is 0.0917. The number of aliphatic hydroxyl groups excluding tert-OH is 1. The lowest BCUT2D eigenvalue weighted by atomic mass is 10.0. The van der Waals surface area contributed by atoms with Gasteiger partial charge in [-0.15, -0.1) is 11.8 Å². The molecule has 112 valence electrons. The summed E-state index contributed by atoms with van der Waals surface area (Å²) in [7, 11) is 0. The molecule has 2 N–H and O–H groups in total. The van der Waals surface area contributed by atoms with Crippen LogP contribution in [0.15, 0.2) is 23.1 Å². The van der Waals surface area contributed by atoms with E-state index in [4.69, 9.17) is 11.6 Å². The van der Waals surface area contributed by atoms with Crippen molar-refractivity contribution in [1.29, 1.82) is 0 Å². The van der Waals surface area contributed by atoms with Gasteiger partial charge in [-0.2, -0.15) is 0 Å². The number of nitrogens with one attached hydrogen (secondary N) is 1. The summed E-state index contributed by atoms with van der Waals surface area (Å²) < 4.78 is 0. The highest BCUT2D eigenvalue weighted by Gasteiger charge is 2.13. The smallest absolute Gasteiger partial charge is 0.252 e. The zero-order valence-corrected chi connectivity index (χ0v) is 13.7. The van der Waals surface area contributed by atoms with Gasteiger partial charge in [-0.25, -0.2) is 0 Å². The number of hydrogen-bond donors (Lipinski definition) is 2. The van der Waals surface area contributed by atoms with Gasteiger partial charge in [-0.05, 0) is 36.3 Å². The van der Waals surface area contributed by atoms with Gasteiger partial charge in [0.05, 0.1) is 11.7 Å². The summed E-state index contributed by atoms with van der Waals surface area (Å²) in [5.41, 5.74) is 0.600. The van der Waals surface area contributed by atoms with E-state index in [0.29, 0.717) is 23.6 Å². The fourth-order valence-electron chi connectivity index (χ4n) is 1.72. The Balaban J connectivity index is 2.65. The number of hydrogen-bond acceptors (Lipinski definition) is 3. The van der Waals surface area contributed by atoms with Gasteiger partial charge >= 0.3 is 0 Å². The van der Waals surface area contributed by atoms with Gasteiger partial charge in [-0.1, -0.05) is 32.4 Å². The van der Waals surface area contributed by atoms with Crippen LogP contribution in [0.2, 0.25) is 5.02 Å². The van der Waals surface area contributed by atoms with Crippen LogP contribution in [0.1, 0.15) is 37.6 Å². The van der Waals surface area contributed by atoms with Crippen LogP contribution in [0.25, 0.3) is 0 Å². The molecule has 1 rings (SSSR count). The first-order valence-corrected chi connectivity index (χ1v) is 8.20. The summed E-state index contributed by atoms with van der Waals surface area (Å²) >= 11 is 7.57. The summed E-state index contributed by atoms with van der Waals surface area (Å²) in [5.74, 6) is 0.956. The molecule has 0 fully saturated rings. The Hall–Kier alpha value is -0.710. The number of thioether (sulfide) groups is 1. The maximum atomic E-state index is 12.2. The third kappa shape index (κ3) is 5.35. The first kappa shape index (κ1) is 17.3. The highest BCUT2D eigenvalue weighted by Crippen LogP contribution is 2.25. The molecule has 1 aromatic carbocycles. The zero-order valence-electron chi connectivity index (χ0n) is 12.1. The Kier molecular flexibility index (Phi) is 7.41. The molecule has 0 heterocycles. The maximum absolute atomic E-state index is 12.2. The van der Waals surface area contributed by atoms with E-state index in [1.165, 1.54) is 0 Å². The van der Waals surface area contributed by atoms with Crippen molar-refractivity contribution in [1.82, 2.24) is 5.32 Å². The Morgan fingerprint density at radius 1 is 1.45 bits per heavy atom. The summed E-state index contributed by atoms with van der Waals surface area (Å²) in [5, 5.41) is 13.1. The minimum atomic E-state index is -0.390. The predicted molar refractivity (Wildman–Crippen MR) is 85.6 cm³/mol. The first-order chi connectivity index (χ1) is 9.45. The molecule has 0 aliphatic carbocycles. The molecule has 20 heavy (non-hydrogen) atoms. The van der Waals surface area contributed by atoms with Gasteiger partial charge in [0.2, 0.25) is 0 Å². The summed E-state index contributed by atoms with van der Waals surface area (Å²) in [6, 6.07) is 5.35. The fraction of sp³-hybridized carbons (Fsp3) is 0.533. The van der Waals surface area contributed by atoms with Crippen molar-refractivity contribution in [3.8, 4) is 0 Å².